The van der Waals surface area contributed by atoms with Gasteiger partial charge in [0.2, 0.25) is 5.91 Å². The average Bonchev–Trinajstić information content (AvgIpc) is 3.46. The molecule has 1 unspecified atom stereocenters. The van der Waals surface area contributed by atoms with E-state index in [0.29, 0.717) is 18.9 Å². The molecule has 2 N–H and O–H groups in total. The smallest absolute Gasteiger partial charge is 0.315 e. The fourth-order valence-corrected chi connectivity index (χ4v) is 3.45. The fraction of sp³-hybridized carbons (Fsp3) is 0.600. The molecule has 1 saturated heterocycles. The monoisotopic (exact) mass is 343 g/mol. The molecule has 136 valence electrons. The van der Waals surface area contributed by atoms with E-state index < -0.39 is 0 Å². The Balaban J connectivity index is 1.44. The van der Waals surface area contributed by atoms with Crippen LogP contribution in [0.4, 0.5) is 4.79 Å². The van der Waals surface area contributed by atoms with Crippen molar-refractivity contribution < 1.29 is 9.59 Å². The molecule has 3 rings (SSSR count). The number of benzene rings is 1. The largest absolute Gasteiger partial charge is 0.343 e. The summed E-state index contributed by atoms with van der Waals surface area (Å²) in [6.45, 7) is 4.19. The topological polar surface area (TPSA) is 61.4 Å². The molecule has 1 aliphatic heterocycles. The van der Waals surface area contributed by atoms with Gasteiger partial charge in [-0.3, -0.25) is 4.79 Å². The molecule has 1 aromatic rings. The van der Waals surface area contributed by atoms with Gasteiger partial charge in [-0.2, -0.15) is 0 Å². The van der Waals surface area contributed by atoms with Crippen LogP contribution in [0.3, 0.4) is 0 Å². The number of aryl methyl sites for hydroxylation is 1. The highest BCUT2D eigenvalue weighted by Crippen LogP contribution is 2.40. The molecular formula is C20H29N3O2. The zero-order valence-corrected chi connectivity index (χ0v) is 15.1. The van der Waals surface area contributed by atoms with E-state index in [4.69, 9.17) is 0 Å². The lowest BCUT2D eigenvalue weighted by molar-refractivity contribution is -0.131. The number of nitrogens with zero attached hydrogens (tertiary/aromatic N) is 1. The highest BCUT2D eigenvalue weighted by Gasteiger charge is 2.33. The van der Waals surface area contributed by atoms with Crippen LogP contribution in [0.2, 0.25) is 0 Å². The van der Waals surface area contributed by atoms with Crippen LogP contribution in [0.5, 0.6) is 0 Å². The molecule has 1 heterocycles. The Morgan fingerprint density at radius 2 is 1.80 bits per heavy atom. The van der Waals surface area contributed by atoms with Gasteiger partial charge >= 0.3 is 6.03 Å². The van der Waals surface area contributed by atoms with Gasteiger partial charge in [-0.05, 0) is 50.5 Å². The molecule has 1 saturated carbocycles. The van der Waals surface area contributed by atoms with Crippen LogP contribution < -0.4 is 10.6 Å². The molecular weight excluding hydrogens is 314 g/mol. The van der Waals surface area contributed by atoms with E-state index in [0.717, 1.165) is 44.3 Å². The fourth-order valence-electron chi connectivity index (χ4n) is 3.45. The third-order valence-corrected chi connectivity index (χ3v) is 5.15. The van der Waals surface area contributed by atoms with E-state index >= 15 is 0 Å². The maximum absolute atomic E-state index is 12.2. The summed E-state index contributed by atoms with van der Waals surface area (Å²) in [6.07, 6.45) is 6.11. The number of likely N-dealkylation sites (tertiary alicyclic amines) is 1. The zero-order valence-electron chi connectivity index (χ0n) is 15.1. The molecule has 0 aromatic heterocycles. The van der Waals surface area contributed by atoms with Gasteiger partial charge in [0.05, 0.1) is 6.04 Å². The van der Waals surface area contributed by atoms with E-state index in [1.54, 1.807) is 0 Å². The molecule has 1 aliphatic carbocycles. The van der Waals surface area contributed by atoms with Gasteiger partial charge in [-0.25, -0.2) is 4.79 Å². The molecule has 25 heavy (non-hydrogen) atoms. The van der Waals surface area contributed by atoms with E-state index in [-0.39, 0.29) is 18.0 Å². The van der Waals surface area contributed by atoms with Crippen molar-refractivity contribution in [3.8, 4) is 0 Å². The second kappa shape index (κ2) is 8.37. The number of carbonyl (C=O) groups excluding carboxylic acids is 2. The van der Waals surface area contributed by atoms with Gasteiger partial charge in [-0.15, -0.1) is 0 Å². The SMILES string of the molecule is Cc1ccc(C(NC(=O)NCCC(=O)N2CCCCC2)C2CC2)cc1. The van der Waals surface area contributed by atoms with Crippen molar-refractivity contribution >= 4 is 11.9 Å². The number of urea groups is 1. The normalized spacial score (nSPS) is 18.5. The molecule has 5 heteroatoms. The Labute approximate surface area is 150 Å². The minimum absolute atomic E-state index is 0.0680. The lowest BCUT2D eigenvalue weighted by Crippen LogP contribution is -2.41. The van der Waals surface area contributed by atoms with Gasteiger partial charge in [-0.1, -0.05) is 29.8 Å². The Kier molecular flexibility index (Phi) is 5.95. The number of amides is 3. The predicted molar refractivity (Wildman–Crippen MR) is 98.2 cm³/mol. The molecule has 0 spiro atoms. The van der Waals surface area contributed by atoms with Crippen molar-refractivity contribution in [3.05, 3.63) is 35.4 Å². The Morgan fingerprint density at radius 1 is 1.12 bits per heavy atom. The minimum Gasteiger partial charge on any atom is -0.343 e. The molecule has 1 aromatic carbocycles. The van der Waals surface area contributed by atoms with Crippen LogP contribution in [0, 0.1) is 12.8 Å². The van der Waals surface area contributed by atoms with Gasteiger partial charge in [0.25, 0.3) is 0 Å². The van der Waals surface area contributed by atoms with Gasteiger partial charge < -0.3 is 15.5 Å². The van der Waals surface area contributed by atoms with Gasteiger partial charge in [0.15, 0.2) is 0 Å². The second-order valence-electron chi connectivity index (χ2n) is 7.32. The molecule has 3 amide bonds. The lowest BCUT2D eigenvalue weighted by atomic mass is 10.0. The van der Waals surface area contributed by atoms with Crippen LogP contribution in [0.25, 0.3) is 0 Å². The highest BCUT2D eigenvalue weighted by atomic mass is 16.2. The summed E-state index contributed by atoms with van der Waals surface area (Å²) in [5.41, 5.74) is 2.38. The standard InChI is InChI=1S/C20H29N3O2/c1-15-5-7-16(8-6-15)19(17-9-10-17)22-20(25)21-12-11-18(24)23-13-3-2-4-14-23/h5-8,17,19H,2-4,9-14H2,1H3,(H2,21,22,25). The minimum atomic E-state index is -0.177. The zero-order chi connectivity index (χ0) is 17.6. The quantitative estimate of drug-likeness (QED) is 0.833. The first-order valence-electron chi connectivity index (χ1n) is 9.52. The van der Waals surface area contributed by atoms with Gasteiger partial charge in [0, 0.05) is 26.1 Å². The number of nitrogens with one attached hydrogen (secondary N) is 2. The molecule has 5 nitrogen and oxygen atoms in total. The first-order valence-corrected chi connectivity index (χ1v) is 9.52. The highest BCUT2D eigenvalue weighted by molar-refractivity contribution is 5.78. The van der Waals surface area contributed by atoms with Crippen molar-refractivity contribution in [2.45, 2.75) is 51.5 Å². The van der Waals surface area contributed by atoms with Crippen molar-refractivity contribution in [2.24, 2.45) is 5.92 Å². The molecule has 1 atom stereocenters. The number of hydrogen-bond acceptors (Lipinski definition) is 2. The summed E-state index contributed by atoms with van der Waals surface area (Å²) in [5.74, 6) is 0.681. The second-order valence-corrected chi connectivity index (χ2v) is 7.32. The number of carbonyl (C=O) groups is 2. The van der Waals surface area contributed by atoms with Gasteiger partial charge in [0.1, 0.15) is 0 Å². The summed E-state index contributed by atoms with van der Waals surface area (Å²) >= 11 is 0. The van der Waals surface area contributed by atoms with Crippen LogP contribution in [-0.4, -0.2) is 36.5 Å². The average molecular weight is 343 g/mol. The molecule has 2 fully saturated rings. The van der Waals surface area contributed by atoms with E-state index in [1.165, 1.54) is 12.0 Å². The Hall–Kier alpha value is -2.04. The Bertz CT molecular complexity index is 589. The molecule has 2 aliphatic rings. The van der Waals surface area contributed by atoms with Crippen molar-refractivity contribution in [1.29, 1.82) is 0 Å². The van der Waals surface area contributed by atoms with Crippen molar-refractivity contribution in [3.63, 3.8) is 0 Å². The van der Waals surface area contributed by atoms with Crippen molar-refractivity contribution in [1.82, 2.24) is 15.5 Å². The Morgan fingerprint density at radius 3 is 2.44 bits per heavy atom. The van der Waals surface area contributed by atoms with Crippen LogP contribution in [0.1, 0.15) is 55.7 Å². The predicted octanol–water partition coefficient (Wildman–Crippen LogP) is 3.15. The molecule has 0 radical (unpaired) electrons. The maximum atomic E-state index is 12.2. The lowest BCUT2D eigenvalue weighted by Gasteiger charge is -2.26. The van der Waals surface area contributed by atoms with Crippen LogP contribution in [-0.2, 0) is 4.79 Å². The summed E-state index contributed by atoms with van der Waals surface area (Å²) in [5, 5.41) is 5.94. The van der Waals surface area contributed by atoms with Crippen molar-refractivity contribution in [2.75, 3.05) is 19.6 Å². The first-order chi connectivity index (χ1) is 12.1. The van der Waals surface area contributed by atoms with E-state index in [9.17, 15) is 9.59 Å². The third-order valence-electron chi connectivity index (χ3n) is 5.15. The maximum Gasteiger partial charge on any atom is 0.315 e. The summed E-state index contributed by atoms with van der Waals surface area (Å²) in [6, 6.07) is 8.25. The first kappa shape index (κ1) is 17.8. The summed E-state index contributed by atoms with van der Waals surface area (Å²) in [7, 11) is 0. The van der Waals surface area contributed by atoms with E-state index in [1.807, 2.05) is 4.90 Å². The third kappa shape index (κ3) is 5.21. The number of hydrogen-bond donors (Lipinski definition) is 2. The van der Waals surface area contributed by atoms with Crippen LogP contribution >= 0.6 is 0 Å². The summed E-state index contributed by atoms with van der Waals surface area (Å²) in [4.78, 5) is 26.3. The number of piperidine rings is 1. The number of rotatable bonds is 6. The summed E-state index contributed by atoms with van der Waals surface area (Å²) < 4.78 is 0. The van der Waals surface area contributed by atoms with Crippen LogP contribution in [0.15, 0.2) is 24.3 Å². The van der Waals surface area contributed by atoms with E-state index in [2.05, 4.69) is 41.8 Å². The molecule has 0 bridgehead atoms.